The lowest BCUT2D eigenvalue weighted by Gasteiger charge is -2.41. The second kappa shape index (κ2) is 8.21. The SMILES string of the molecule is O=C(CCc1nc2ccccc2[nH]c1=O)N[C@@H]1CC[C@@H]1NC1CCCCC1. The van der Waals surface area contributed by atoms with E-state index in [4.69, 9.17) is 0 Å². The number of hydrogen-bond acceptors (Lipinski definition) is 4. The van der Waals surface area contributed by atoms with Gasteiger partial charge in [0.25, 0.3) is 5.56 Å². The first kappa shape index (κ1) is 18.2. The Morgan fingerprint density at radius 1 is 1.07 bits per heavy atom. The van der Waals surface area contributed by atoms with Crippen molar-refractivity contribution in [2.24, 2.45) is 0 Å². The van der Waals surface area contributed by atoms with E-state index in [-0.39, 0.29) is 17.5 Å². The van der Waals surface area contributed by atoms with Gasteiger partial charge < -0.3 is 15.6 Å². The van der Waals surface area contributed by atoms with Crippen LogP contribution >= 0.6 is 0 Å². The van der Waals surface area contributed by atoms with Crippen LogP contribution in [0.1, 0.15) is 57.1 Å². The van der Waals surface area contributed by atoms with Gasteiger partial charge in [0.1, 0.15) is 5.69 Å². The molecule has 0 aliphatic heterocycles. The summed E-state index contributed by atoms with van der Waals surface area (Å²) in [6, 6.07) is 8.69. The van der Waals surface area contributed by atoms with Crippen LogP contribution < -0.4 is 16.2 Å². The Labute approximate surface area is 159 Å². The second-order valence-corrected chi connectivity index (χ2v) is 7.89. The Morgan fingerprint density at radius 2 is 1.85 bits per heavy atom. The monoisotopic (exact) mass is 368 g/mol. The van der Waals surface area contributed by atoms with Crippen molar-refractivity contribution in [1.29, 1.82) is 0 Å². The van der Waals surface area contributed by atoms with Crippen LogP contribution in [0.4, 0.5) is 0 Å². The van der Waals surface area contributed by atoms with Gasteiger partial charge in [0.15, 0.2) is 0 Å². The van der Waals surface area contributed by atoms with E-state index in [0.717, 1.165) is 23.9 Å². The predicted octanol–water partition coefficient (Wildman–Crippen LogP) is 2.43. The lowest BCUT2D eigenvalue weighted by Crippen LogP contribution is -2.59. The molecule has 2 fully saturated rings. The number of carbonyl (C=O) groups is 1. The maximum absolute atomic E-state index is 12.4. The van der Waals surface area contributed by atoms with Crippen molar-refractivity contribution < 1.29 is 4.79 Å². The molecule has 6 nitrogen and oxygen atoms in total. The third kappa shape index (κ3) is 4.38. The lowest BCUT2D eigenvalue weighted by atomic mass is 9.84. The fraction of sp³-hybridized carbons (Fsp3) is 0.571. The number of aromatic amines is 1. The summed E-state index contributed by atoms with van der Waals surface area (Å²) in [4.78, 5) is 31.8. The van der Waals surface area contributed by atoms with Crippen LogP contribution in [-0.2, 0) is 11.2 Å². The molecule has 0 spiro atoms. The molecule has 2 aromatic rings. The Balaban J connectivity index is 1.28. The van der Waals surface area contributed by atoms with Crippen molar-refractivity contribution in [3.05, 3.63) is 40.3 Å². The quantitative estimate of drug-likeness (QED) is 0.731. The molecule has 0 bridgehead atoms. The number of aromatic nitrogens is 2. The molecule has 1 aromatic heterocycles. The van der Waals surface area contributed by atoms with Crippen molar-refractivity contribution in [2.75, 3.05) is 0 Å². The van der Waals surface area contributed by atoms with E-state index < -0.39 is 0 Å². The smallest absolute Gasteiger partial charge is 0.270 e. The molecule has 144 valence electrons. The number of hydrogen-bond donors (Lipinski definition) is 3. The van der Waals surface area contributed by atoms with Gasteiger partial charge in [-0.25, -0.2) is 4.98 Å². The Hall–Kier alpha value is -2.21. The van der Waals surface area contributed by atoms with Crippen LogP contribution in [0, 0.1) is 0 Å². The predicted molar refractivity (Wildman–Crippen MR) is 106 cm³/mol. The summed E-state index contributed by atoms with van der Waals surface area (Å²) in [6.07, 6.45) is 9.31. The zero-order chi connectivity index (χ0) is 18.6. The number of amides is 1. The number of para-hydroxylation sites is 2. The molecule has 2 atom stereocenters. The summed E-state index contributed by atoms with van der Waals surface area (Å²) in [5.41, 5.74) is 1.70. The number of nitrogens with one attached hydrogen (secondary N) is 3. The van der Waals surface area contributed by atoms with Gasteiger partial charge in [0, 0.05) is 31.0 Å². The molecule has 1 heterocycles. The number of H-pyrrole nitrogens is 1. The summed E-state index contributed by atoms with van der Waals surface area (Å²) in [6.45, 7) is 0. The highest BCUT2D eigenvalue weighted by molar-refractivity contribution is 5.77. The van der Waals surface area contributed by atoms with E-state index in [1.807, 2.05) is 24.3 Å². The normalized spacial score (nSPS) is 23.1. The molecular formula is C21H28N4O2. The van der Waals surface area contributed by atoms with Gasteiger partial charge in [-0.15, -0.1) is 0 Å². The number of benzene rings is 1. The number of aryl methyl sites for hydroxylation is 1. The van der Waals surface area contributed by atoms with E-state index in [0.29, 0.717) is 30.6 Å². The molecule has 0 saturated heterocycles. The Kier molecular flexibility index (Phi) is 5.53. The summed E-state index contributed by atoms with van der Waals surface area (Å²) in [5.74, 6) is 0.00417. The third-order valence-electron chi connectivity index (χ3n) is 5.93. The Morgan fingerprint density at radius 3 is 2.63 bits per heavy atom. The van der Waals surface area contributed by atoms with E-state index in [9.17, 15) is 9.59 Å². The number of carbonyl (C=O) groups excluding carboxylic acids is 1. The van der Waals surface area contributed by atoms with Crippen LogP contribution in [-0.4, -0.2) is 34.0 Å². The van der Waals surface area contributed by atoms with Gasteiger partial charge in [0.2, 0.25) is 5.91 Å². The first-order valence-corrected chi connectivity index (χ1v) is 10.2. The minimum atomic E-state index is -0.206. The molecular weight excluding hydrogens is 340 g/mol. The molecule has 1 amide bonds. The number of rotatable bonds is 6. The molecule has 2 aliphatic rings. The minimum absolute atomic E-state index is 0.00417. The van der Waals surface area contributed by atoms with Gasteiger partial charge in [-0.05, 0) is 37.8 Å². The van der Waals surface area contributed by atoms with Crippen molar-refractivity contribution in [1.82, 2.24) is 20.6 Å². The average Bonchev–Trinajstić information content (AvgIpc) is 2.68. The topological polar surface area (TPSA) is 86.9 Å². The van der Waals surface area contributed by atoms with Gasteiger partial charge in [-0.3, -0.25) is 9.59 Å². The summed E-state index contributed by atoms with van der Waals surface area (Å²) >= 11 is 0. The average molecular weight is 368 g/mol. The molecule has 1 aromatic carbocycles. The molecule has 4 rings (SSSR count). The lowest BCUT2D eigenvalue weighted by molar-refractivity contribution is -0.122. The van der Waals surface area contributed by atoms with E-state index in [2.05, 4.69) is 20.6 Å². The summed E-state index contributed by atoms with van der Waals surface area (Å²) < 4.78 is 0. The first-order chi connectivity index (χ1) is 13.2. The van der Waals surface area contributed by atoms with E-state index in [1.54, 1.807) is 0 Å². The minimum Gasteiger partial charge on any atom is -0.352 e. The fourth-order valence-corrected chi connectivity index (χ4v) is 4.19. The molecule has 2 aliphatic carbocycles. The maximum atomic E-state index is 12.4. The van der Waals surface area contributed by atoms with Crippen molar-refractivity contribution >= 4 is 16.9 Å². The van der Waals surface area contributed by atoms with Crippen LogP contribution in [0.15, 0.2) is 29.1 Å². The van der Waals surface area contributed by atoms with Crippen LogP contribution in [0.25, 0.3) is 11.0 Å². The maximum Gasteiger partial charge on any atom is 0.270 e. The van der Waals surface area contributed by atoms with Gasteiger partial charge in [-0.1, -0.05) is 31.4 Å². The van der Waals surface area contributed by atoms with Crippen LogP contribution in [0.5, 0.6) is 0 Å². The zero-order valence-electron chi connectivity index (χ0n) is 15.7. The van der Waals surface area contributed by atoms with E-state index in [1.165, 1.54) is 32.1 Å². The van der Waals surface area contributed by atoms with Crippen molar-refractivity contribution in [2.45, 2.75) is 75.9 Å². The second-order valence-electron chi connectivity index (χ2n) is 7.89. The summed E-state index contributed by atoms with van der Waals surface area (Å²) in [5, 5.41) is 6.87. The number of nitrogens with zero attached hydrogens (tertiary/aromatic N) is 1. The molecule has 27 heavy (non-hydrogen) atoms. The van der Waals surface area contributed by atoms with Gasteiger partial charge in [-0.2, -0.15) is 0 Å². The molecule has 0 unspecified atom stereocenters. The highest BCUT2D eigenvalue weighted by Gasteiger charge is 2.33. The molecule has 2 saturated carbocycles. The first-order valence-electron chi connectivity index (χ1n) is 10.2. The highest BCUT2D eigenvalue weighted by atomic mass is 16.1. The summed E-state index contributed by atoms with van der Waals surface area (Å²) in [7, 11) is 0. The van der Waals surface area contributed by atoms with Crippen molar-refractivity contribution in [3.8, 4) is 0 Å². The largest absolute Gasteiger partial charge is 0.352 e. The van der Waals surface area contributed by atoms with Crippen LogP contribution in [0.3, 0.4) is 0 Å². The molecule has 0 radical (unpaired) electrons. The molecule has 6 heteroatoms. The van der Waals surface area contributed by atoms with Crippen LogP contribution in [0.2, 0.25) is 0 Å². The Bertz CT molecular complexity index is 857. The highest BCUT2D eigenvalue weighted by Crippen LogP contribution is 2.24. The van der Waals surface area contributed by atoms with Gasteiger partial charge in [0.05, 0.1) is 11.0 Å². The zero-order valence-corrected chi connectivity index (χ0v) is 15.7. The van der Waals surface area contributed by atoms with Gasteiger partial charge >= 0.3 is 0 Å². The molecule has 3 N–H and O–H groups in total. The third-order valence-corrected chi connectivity index (χ3v) is 5.93. The van der Waals surface area contributed by atoms with Crippen molar-refractivity contribution in [3.63, 3.8) is 0 Å². The fourth-order valence-electron chi connectivity index (χ4n) is 4.19. The standard InChI is InChI=1S/C21H28N4O2/c26-20(24-18-11-10-17(18)22-14-6-2-1-3-7-14)13-12-19-21(27)25-16-9-5-4-8-15(16)23-19/h4-5,8-9,14,17-18,22H,1-3,6-7,10-13H2,(H,24,26)(H,25,27)/t17-,18+/m0/s1. The number of fused-ring (bicyclic) bond motifs is 1. The van der Waals surface area contributed by atoms with E-state index >= 15 is 0 Å².